The molecule has 0 spiro atoms. The van der Waals surface area contributed by atoms with E-state index in [4.69, 9.17) is 46.0 Å². The van der Waals surface area contributed by atoms with E-state index in [1.54, 1.807) is 0 Å². The fraction of sp³-hybridized carbons (Fsp3) is 0.500. The third-order valence-corrected chi connectivity index (χ3v) is 4.37. The molecule has 38 heavy (non-hydrogen) atoms. The van der Waals surface area contributed by atoms with E-state index in [0.29, 0.717) is 0 Å². The van der Waals surface area contributed by atoms with Crippen molar-refractivity contribution in [3.05, 3.63) is 34.6 Å². The second-order valence-electron chi connectivity index (χ2n) is 6.87. The number of hydrogen-bond acceptors (Lipinski definition) is 18. The number of ether oxygens (including phenoxy) is 3. The summed E-state index contributed by atoms with van der Waals surface area (Å²) >= 11 is 0. The second-order valence-corrected chi connectivity index (χ2v) is 6.87. The first kappa shape index (κ1) is 38.7. The summed E-state index contributed by atoms with van der Waals surface area (Å²) in [5.41, 5.74) is 0. The number of cyclic esters (lactones) is 3. The molecule has 20 heteroatoms. The summed E-state index contributed by atoms with van der Waals surface area (Å²) in [6.07, 6.45) is -8.64. The molecule has 0 aromatic carbocycles. The first-order chi connectivity index (χ1) is 16.7. The van der Waals surface area contributed by atoms with Crippen molar-refractivity contribution >= 4 is 41.0 Å². The molecule has 3 aliphatic heterocycles. The molecule has 0 radical (unpaired) electrons. The first-order valence-electron chi connectivity index (χ1n) is 9.53. The van der Waals surface area contributed by atoms with Crippen molar-refractivity contribution in [3.63, 3.8) is 0 Å². The molecule has 0 unspecified atom stereocenters. The van der Waals surface area contributed by atoms with Gasteiger partial charge in [-0.25, -0.2) is 14.4 Å². The van der Waals surface area contributed by atoms with Crippen LogP contribution in [0, 0.1) is 0 Å². The van der Waals surface area contributed by atoms with Crippen molar-refractivity contribution in [1.29, 1.82) is 0 Å². The summed E-state index contributed by atoms with van der Waals surface area (Å²) in [4.78, 5) is 31.4. The maximum absolute atomic E-state index is 10.6. The number of rotatable bonds is 6. The molecule has 3 aliphatic rings. The van der Waals surface area contributed by atoms with E-state index < -0.39 is 109 Å². The largest absolute Gasteiger partial charge is 2.00 e. The summed E-state index contributed by atoms with van der Waals surface area (Å²) in [6.45, 7) is -2.10. The van der Waals surface area contributed by atoms with E-state index in [-0.39, 0.29) is 74.4 Å². The van der Waals surface area contributed by atoms with Crippen molar-refractivity contribution in [2.24, 2.45) is 0 Å². The van der Waals surface area contributed by atoms with Crippen molar-refractivity contribution < 1.29 is 141 Å². The van der Waals surface area contributed by atoms with Gasteiger partial charge in [0.1, 0.15) is 35.6 Å². The Labute approximate surface area is 270 Å². The molecule has 0 bridgehead atoms. The van der Waals surface area contributed by atoms with Gasteiger partial charge < -0.3 is 75.5 Å². The summed E-state index contributed by atoms with van der Waals surface area (Å²) in [7, 11) is 0. The van der Waals surface area contributed by atoms with Gasteiger partial charge in [-0.3, -0.25) is 0 Å². The maximum Gasteiger partial charge on any atom is 2.00 e. The van der Waals surface area contributed by atoms with Crippen molar-refractivity contribution in [2.45, 2.75) is 36.6 Å². The van der Waals surface area contributed by atoms with Crippen LogP contribution in [0.25, 0.3) is 0 Å². The van der Waals surface area contributed by atoms with E-state index in [1.807, 2.05) is 0 Å². The van der Waals surface area contributed by atoms with Crippen molar-refractivity contribution in [1.82, 2.24) is 0 Å². The second kappa shape index (κ2) is 17.3. The zero-order chi connectivity index (χ0) is 27.9. The van der Waals surface area contributed by atoms with Crippen LogP contribution in [0.5, 0.6) is 0 Å². The Kier molecular flexibility index (Phi) is 17.7. The number of carbonyl (C=O) groups is 3. The molecule has 204 valence electrons. The summed E-state index contributed by atoms with van der Waals surface area (Å²) in [5.74, 6) is -9.75. The van der Waals surface area contributed by atoms with Gasteiger partial charge in [-0.15, -0.1) is 0 Å². The van der Waals surface area contributed by atoms with Crippen LogP contribution in [0.2, 0.25) is 0 Å². The molecule has 18 nitrogen and oxygen atoms in total. The average molecular weight is 589 g/mol. The zero-order valence-electron chi connectivity index (χ0n) is 19.5. The minimum absolute atomic E-state index is 0. The summed E-state index contributed by atoms with van der Waals surface area (Å²) in [6, 6.07) is 0. The van der Waals surface area contributed by atoms with Crippen LogP contribution in [0.15, 0.2) is 34.6 Å². The maximum atomic E-state index is 10.6. The SMILES string of the molecule is O=C1O[C@H]([C@@H](O)CO)C(O)=C1[O-].O=C1O[C@H]([C@@H](O)CO)C(O)=C1[O-].O=C1O[C@H]([C@@H](O)CO)C(O)=C1[O-].[K+].[Mg+2]. The van der Waals surface area contributed by atoms with Gasteiger partial charge >= 0.3 is 92.3 Å². The molecule has 3 rings (SSSR count). The van der Waals surface area contributed by atoms with Gasteiger partial charge in [0.15, 0.2) is 18.3 Å². The van der Waals surface area contributed by atoms with Crippen molar-refractivity contribution in [3.8, 4) is 0 Å². The van der Waals surface area contributed by atoms with E-state index >= 15 is 0 Å². The van der Waals surface area contributed by atoms with Crippen LogP contribution >= 0.6 is 0 Å². The van der Waals surface area contributed by atoms with E-state index in [1.165, 1.54) is 0 Å². The molecule has 0 fully saturated rings. The molecule has 6 atom stereocenters. The molecular weight excluding hydrogens is 568 g/mol. The predicted molar refractivity (Wildman–Crippen MR) is 104 cm³/mol. The van der Waals surface area contributed by atoms with Crippen LogP contribution in [0.1, 0.15) is 0 Å². The van der Waals surface area contributed by atoms with Crippen molar-refractivity contribution in [2.75, 3.05) is 19.8 Å². The molecule has 3 heterocycles. The van der Waals surface area contributed by atoms with Gasteiger partial charge in [0, 0.05) is 17.3 Å². The number of aliphatic hydroxyl groups is 9. The van der Waals surface area contributed by atoms with Crippen LogP contribution in [-0.4, -0.2) is 143 Å². The topological polar surface area (TPSA) is 330 Å². The third kappa shape index (κ3) is 9.36. The van der Waals surface area contributed by atoms with Crippen LogP contribution < -0.4 is 66.7 Å². The molecule has 0 saturated heterocycles. The van der Waals surface area contributed by atoms with E-state index in [0.717, 1.165) is 0 Å². The smallest absolute Gasteiger partial charge is 0.865 e. The number of hydrogen-bond donors (Lipinski definition) is 9. The van der Waals surface area contributed by atoms with Gasteiger partial charge in [-0.1, -0.05) is 0 Å². The Morgan fingerprint density at radius 1 is 0.579 bits per heavy atom. The van der Waals surface area contributed by atoms with Crippen LogP contribution in [0.4, 0.5) is 0 Å². The van der Waals surface area contributed by atoms with E-state index in [9.17, 15) is 29.7 Å². The number of esters is 3. The molecule has 9 N–H and O–H groups in total. The van der Waals surface area contributed by atoms with Gasteiger partial charge in [-0.05, 0) is 0 Å². The molecule has 0 saturated carbocycles. The van der Waals surface area contributed by atoms with E-state index in [2.05, 4.69) is 14.2 Å². The molecule has 0 aromatic rings. The fourth-order valence-corrected chi connectivity index (χ4v) is 2.44. The normalized spacial score (nSPS) is 24.5. The standard InChI is InChI=1S/3C6H8O6.K.Mg/c3*7-1-2(8)5-3(9)4(10)6(11)12-5;;/h3*2,5,7-10H,1H2;;/q;;;+1;+2/p-3/t3*2-,5+;;/m000../s1. The van der Waals surface area contributed by atoms with Crippen LogP contribution in [-0.2, 0) is 28.6 Å². The zero-order valence-corrected chi connectivity index (χ0v) is 24.0. The monoisotopic (exact) mass is 588 g/mol. The Hall–Kier alpha value is -1.41. The number of aliphatic hydroxyl groups excluding tert-OH is 9. The minimum atomic E-state index is -1.46. The summed E-state index contributed by atoms with van der Waals surface area (Å²) < 4.78 is 12.8. The summed E-state index contributed by atoms with van der Waals surface area (Å²) in [5, 5.41) is 110. The minimum Gasteiger partial charge on any atom is -0.865 e. The van der Waals surface area contributed by atoms with Gasteiger partial charge in [-0.2, -0.15) is 0 Å². The van der Waals surface area contributed by atoms with Gasteiger partial charge in [0.05, 0.1) is 19.8 Å². The fourth-order valence-electron chi connectivity index (χ4n) is 2.44. The molecule has 0 amide bonds. The van der Waals surface area contributed by atoms with Gasteiger partial charge in [0.2, 0.25) is 0 Å². The molecule has 0 aromatic heterocycles. The average Bonchev–Trinajstić information content (AvgIpc) is 3.40. The Morgan fingerprint density at radius 3 is 0.868 bits per heavy atom. The van der Waals surface area contributed by atoms with Crippen LogP contribution in [0.3, 0.4) is 0 Å². The molecule has 0 aliphatic carbocycles. The first-order valence-corrected chi connectivity index (χ1v) is 9.53. The predicted octanol–water partition coefficient (Wildman–Crippen LogP) is -11.2. The number of carbonyl (C=O) groups excluding carboxylic acids is 3. The van der Waals surface area contributed by atoms with Gasteiger partial charge in [0.25, 0.3) is 0 Å². The molecular formula is C18H21KMgO18. The Morgan fingerprint density at radius 2 is 0.763 bits per heavy atom. The Bertz CT molecular complexity index is 829. The quantitative estimate of drug-likeness (QED) is 0.0789. The Balaban J connectivity index is 0. The third-order valence-electron chi connectivity index (χ3n) is 4.37.